The first-order valence-corrected chi connectivity index (χ1v) is 10.7. The maximum atomic E-state index is 13.2. The van der Waals surface area contributed by atoms with Crippen LogP contribution in [0, 0.1) is 5.92 Å². The first kappa shape index (κ1) is 23.1. The zero-order valence-electron chi connectivity index (χ0n) is 18.6. The van der Waals surface area contributed by atoms with Crippen molar-refractivity contribution in [3.8, 4) is 5.75 Å². The number of benzene rings is 2. The van der Waals surface area contributed by atoms with Gasteiger partial charge in [0.1, 0.15) is 18.4 Å². The van der Waals surface area contributed by atoms with E-state index in [4.69, 9.17) is 9.47 Å². The molecule has 0 fully saturated rings. The molecular weight excluding hydrogens is 394 g/mol. The van der Waals surface area contributed by atoms with Gasteiger partial charge in [-0.15, -0.1) is 6.58 Å². The predicted octanol–water partition coefficient (Wildman–Crippen LogP) is 3.26. The smallest absolute Gasteiger partial charge is 0.174 e. The van der Waals surface area contributed by atoms with E-state index in [0.29, 0.717) is 52.7 Å². The normalized spacial score (nSPS) is 17.1. The molecule has 0 bridgehead atoms. The lowest BCUT2D eigenvalue weighted by atomic mass is 9.78. The van der Waals surface area contributed by atoms with Crippen LogP contribution in [-0.4, -0.2) is 74.8 Å². The van der Waals surface area contributed by atoms with Crippen LogP contribution in [0.3, 0.4) is 0 Å². The molecule has 2 unspecified atom stereocenters. The number of likely N-dealkylation sites (N-methyl/N-ethyl adjacent to an activating group) is 1. The van der Waals surface area contributed by atoms with Crippen LogP contribution in [0.5, 0.6) is 5.75 Å². The summed E-state index contributed by atoms with van der Waals surface area (Å²) >= 11 is 0. The molecule has 2 aromatic rings. The Kier molecular flexibility index (Phi) is 7.26. The quantitative estimate of drug-likeness (QED) is 0.258. The van der Waals surface area contributed by atoms with Crippen molar-refractivity contribution in [1.82, 2.24) is 0 Å². The second kappa shape index (κ2) is 9.73. The second-order valence-corrected chi connectivity index (χ2v) is 8.79. The highest BCUT2D eigenvalue weighted by molar-refractivity contribution is 6.29. The molecule has 0 aromatic heterocycles. The molecule has 1 N–H and O–H groups in total. The van der Waals surface area contributed by atoms with Crippen molar-refractivity contribution in [1.29, 1.82) is 0 Å². The van der Waals surface area contributed by atoms with E-state index in [1.165, 1.54) is 0 Å². The van der Waals surface area contributed by atoms with Gasteiger partial charge in [-0.2, -0.15) is 0 Å². The highest BCUT2D eigenvalue weighted by Gasteiger charge is 2.36. The maximum absolute atomic E-state index is 13.2. The van der Waals surface area contributed by atoms with Gasteiger partial charge in [-0.05, 0) is 25.0 Å². The molecule has 0 aliphatic heterocycles. The molecule has 6 nitrogen and oxygen atoms in total. The summed E-state index contributed by atoms with van der Waals surface area (Å²) in [5, 5.41) is 11.7. The molecule has 166 valence electrons. The van der Waals surface area contributed by atoms with E-state index < -0.39 is 12.0 Å². The summed E-state index contributed by atoms with van der Waals surface area (Å²) < 4.78 is 11.3. The Morgan fingerprint density at radius 1 is 1.16 bits per heavy atom. The Labute approximate surface area is 183 Å². The Morgan fingerprint density at radius 2 is 1.87 bits per heavy atom. The number of carbonyl (C=O) groups is 2. The Morgan fingerprint density at radius 3 is 2.55 bits per heavy atom. The minimum Gasteiger partial charge on any atom is -0.496 e. The predicted molar refractivity (Wildman–Crippen MR) is 121 cm³/mol. The van der Waals surface area contributed by atoms with Crippen LogP contribution in [0.4, 0.5) is 0 Å². The van der Waals surface area contributed by atoms with Crippen LogP contribution in [-0.2, 0) is 4.74 Å². The molecule has 1 aliphatic carbocycles. The highest BCUT2D eigenvalue weighted by Crippen LogP contribution is 2.38. The molecule has 2 atom stereocenters. The molecule has 0 amide bonds. The summed E-state index contributed by atoms with van der Waals surface area (Å²) in [5.41, 5.74) is 1.19. The zero-order valence-corrected chi connectivity index (χ0v) is 18.6. The number of quaternary nitrogens is 1. The Bertz CT molecular complexity index is 959. The Balaban J connectivity index is 1.67. The summed E-state index contributed by atoms with van der Waals surface area (Å²) in [6, 6.07) is 9.08. The second-order valence-electron chi connectivity index (χ2n) is 8.79. The van der Waals surface area contributed by atoms with Crippen molar-refractivity contribution in [3.05, 3.63) is 54.1 Å². The van der Waals surface area contributed by atoms with Gasteiger partial charge in [0.2, 0.25) is 0 Å². The van der Waals surface area contributed by atoms with Crippen molar-refractivity contribution >= 4 is 22.3 Å². The van der Waals surface area contributed by atoms with E-state index in [-0.39, 0.29) is 18.2 Å². The topological polar surface area (TPSA) is 72.8 Å². The molecule has 0 radical (unpaired) electrons. The van der Waals surface area contributed by atoms with E-state index in [1.54, 1.807) is 31.4 Å². The van der Waals surface area contributed by atoms with Crippen LogP contribution in [0.2, 0.25) is 0 Å². The summed E-state index contributed by atoms with van der Waals surface area (Å²) in [6.07, 6.45) is 2.27. The molecule has 0 heterocycles. The van der Waals surface area contributed by atoms with Gasteiger partial charge in [-0.25, -0.2) is 0 Å². The monoisotopic (exact) mass is 426 g/mol. The summed E-state index contributed by atoms with van der Waals surface area (Å²) in [4.78, 5) is 26.3. The van der Waals surface area contributed by atoms with Gasteiger partial charge in [0, 0.05) is 21.9 Å². The van der Waals surface area contributed by atoms with Gasteiger partial charge < -0.3 is 19.1 Å². The van der Waals surface area contributed by atoms with Gasteiger partial charge in [0.05, 0.1) is 46.9 Å². The largest absolute Gasteiger partial charge is 0.496 e. The van der Waals surface area contributed by atoms with E-state index in [1.807, 2.05) is 26.2 Å². The van der Waals surface area contributed by atoms with Crippen LogP contribution in [0.25, 0.3) is 10.8 Å². The molecule has 3 rings (SSSR count). The SMILES string of the molecule is C=CCOCC(O)C[N+](C)(C)CCCC1C(=O)c2cccc3c(OC)ccc(c23)C1=O. The van der Waals surface area contributed by atoms with E-state index in [0.717, 1.165) is 11.9 Å². The van der Waals surface area contributed by atoms with Crippen molar-refractivity contribution in [2.75, 3.05) is 47.5 Å². The lowest BCUT2D eigenvalue weighted by Crippen LogP contribution is -2.47. The number of rotatable bonds is 11. The standard InChI is InChI=1S/C25H32NO5/c1-5-14-31-16-17(27)15-26(2,3)13-7-10-21-24(28)19-9-6-8-18-22(30-4)12-11-20(23(18)19)25(21)29/h5-6,8-9,11-12,17,21,27H,1,7,10,13-16H2,2-4H3/q+1. The van der Waals surface area contributed by atoms with Crippen LogP contribution < -0.4 is 4.74 Å². The number of ether oxygens (including phenoxy) is 2. The molecular formula is C25H32NO5+. The van der Waals surface area contributed by atoms with Crippen LogP contribution >= 0.6 is 0 Å². The summed E-state index contributed by atoms with van der Waals surface area (Å²) in [6.45, 7) is 5.55. The molecule has 31 heavy (non-hydrogen) atoms. The van der Waals surface area contributed by atoms with E-state index >= 15 is 0 Å². The number of aliphatic hydroxyl groups excluding tert-OH is 1. The van der Waals surface area contributed by atoms with Crippen molar-refractivity contribution in [3.63, 3.8) is 0 Å². The van der Waals surface area contributed by atoms with Crippen molar-refractivity contribution < 1.29 is 28.7 Å². The third-order valence-electron chi connectivity index (χ3n) is 5.89. The third kappa shape index (κ3) is 5.03. The first-order chi connectivity index (χ1) is 14.8. The van der Waals surface area contributed by atoms with E-state index in [9.17, 15) is 14.7 Å². The molecule has 0 spiro atoms. The molecule has 1 aliphatic rings. The Hall–Kier alpha value is -2.54. The minimum absolute atomic E-state index is 0.112. The van der Waals surface area contributed by atoms with Crippen molar-refractivity contribution in [2.45, 2.75) is 18.9 Å². The first-order valence-electron chi connectivity index (χ1n) is 10.7. The summed E-state index contributed by atoms with van der Waals surface area (Å²) in [5.74, 6) is -0.222. The van der Waals surface area contributed by atoms with Crippen LogP contribution in [0.1, 0.15) is 33.6 Å². The van der Waals surface area contributed by atoms with Gasteiger partial charge >= 0.3 is 0 Å². The average molecular weight is 427 g/mol. The van der Waals surface area contributed by atoms with Gasteiger partial charge in [-0.1, -0.05) is 24.3 Å². The van der Waals surface area contributed by atoms with Crippen LogP contribution in [0.15, 0.2) is 43.0 Å². The van der Waals surface area contributed by atoms with E-state index in [2.05, 4.69) is 6.58 Å². The number of nitrogens with zero attached hydrogens (tertiary/aromatic N) is 1. The number of ketones is 2. The number of hydrogen-bond donors (Lipinski definition) is 1. The molecule has 0 saturated carbocycles. The minimum atomic E-state index is -0.660. The van der Waals surface area contributed by atoms with Gasteiger partial charge in [0.25, 0.3) is 0 Å². The number of hydrogen-bond acceptors (Lipinski definition) is 5. The maximum Gasteiger partial charge on any atom is 0.174 e. The fourth-order valence-corrected chi connectivity index (χ4v) is 4.45. The molecule has 6 heteroatoms. The molecule has 0 saturated heterocycles. The number of methoxy groups -OCH3 is 1. The van der Waals surface area contributed by atoms with Gasteiger partial charge in [0.15, 0.2) is 11.6 Å². The van der Waals surface area contributed by atoms with Crippen molar-refractivity contribution in [2.24, 2.45) is 5.92 Å². The number of aliphatic hydroxyl groups is 1. The summed E-state index contributed by atoms with van der Waals surface area (Å²) in [7, 11) is 5.65. The fourth-order valence-electron chi connectivity index (χ4n) is 4.45. The number of carbonyl (C=O) groups excluding carboxylic acids is 2. The van der Waals surface area contributed by atoms with Gasteiger partial charge in [-0.3, -0.25) is 9.59 Å². The fraction of sp³-hybridized carbons (Fsp3) is 0.440. The third-order valence-corrected chi connectivity index (χ3v) is 5.89. The lowest BCUT2D eigenvalue weighted by molar-refractivity contribution is -0.893. The zero-order chi connectivity index (χ0) is 22.6. The lowest BCUT2D eigenvalue weighted by Gasteiger charge is -2.32. The average Bonchev–Trinajstić information content (AvgIpc) is 2.73. The molecule has 2 aromatic carbocycles. The highest BCUT2D eigenvalue weighted by atomic mass is 16.5. The number of Topliss-reactive ketones (excluding diaryl/α,β-unsaturated/α-hetero) is 2.